The highest BCUT2D eigenvalue weighted by Crippen LogP contribution is 2.28. The highest BCUT2D eigenvalue weighted by atomic mass is 35.5. The molecular formula is C24H19ClN2O2S. The first-order valence-electron chi connectivity index (χ1n) is 9.43. The molecule has 1 heterocycles. The van der Waals surface area contributed by atoms with E-state index in [-0.39, 0.29) is 5.91 Å². The fourth-order valence-electron chi connectivity index (χ4n) is 2.93. The monoisotopic (exact) mass is 434 g/mol. The Morgan fingerprint density at radius 2 is 1.67 bits per heavy atom. The van der Waals surface area contributed by atoms with Crippen molar-refractivity contribution >= 4 is 34.0 Å². The average Bonchev–Trinajstić information content (AvgIpc) is 3.23. The predicted octanol–water partition coefficient (Wildman–Crippen LogP) is 6.54. The SMILES string of the molecule is CC(Oc1cccc(Cl)c1)C(=O)Nc1nc(-c2ccc(-c3ccccc3)cc2)cs1. The molecule has 0 aliphatic heterocycles. The van der Waals surface area contributed by atoms with Crippen molar-refractivity contribution in [1.29, 1.82) is 0 Å². The number of hydrogen-bond donors (Lipinski definition) is 1. The normalized spacial score (nSPS) is 11.7. The van der Waals surface area contributed by atoms with Crippen molar-refractivity contribution in [2.45, 2.75) is 13.0 Å². The third-order valence-corrected chi connectivity index (χ3v) is 5.49. The van der Waals surface area contributed by atoms with Gasteiger partial charge in [0.15, 0.2) is 11.2 Å². The number of ether oxygens (including phenoxy) is 1. The molecule has 0 radical (unpaired) electrons. The minimum atomic E-state index is -0.680. The topological polar surface area (TPSA) is 51.2 Å². The molecule has 0 aliphatic rings. The molecular weight excluding hydrogens is 416 g/mol. The van der Waals surface area contributed by atoms with Gasteiger partial charge in [-0.2, -0.15) is 0 Å². The number of halogens is 1. The van der Waals surface area contributed by atoms with Crippen LogP contribution in [-0.4, -0.2) is 17.0 Å². The minimum absolute atomic E-state index is 0.268. The summed E-state index contributed by atoms with van der Waals surface area (Å²) in [6, 6.07) is 25.4. The van der Waals surface area contributed by atoms with E-state index in [1.807, 2.05) is 35.7 Å². The average molecular weight is 435 g/mol. The third-order valence-electron chi connectivity index (χ3n) is 4.50. The van der Waals surface area contributed by atoms with Gasteiger partial charge in [0.25, 0.3) is 5.91 Å². The van der Waals surface area contributed by atoms with Crippen molar-refractivity contribution in [2.75, 3.05) is 5.32 Å². The minimum Gasteiger partial charge on any atom is -0.481 e. The van der Waals surface area contributed by atoms with Crippen LogP contribution in [0.5, 0.6) is 5.75 Å². The van der Waals surface area contributed by atoms with Crippen LogP contribution in [0.2, 0.25) is 5.02 Å². The third kappa shape index (κ3) is 4.87. The quantitative estimate of drug-likeness (QED) is 0.375. The van der Waals surface area contributed by atoms with Crippen molar-refractivity contribution in [1.82, 2.24) is 4.98 Å². The second kappa shape index (κ2) is 9.11. The molecule has 30 heavy (non-hydrogen) atoms. The Bertz CT molecular complexity index is 1140. The van der Waals surface area contributed by atoms with Gasteiger partial charge in [0.1, 0.15) is 5.75 Å². The number of hydrogen-bond acceptors (Lipinski definition) is 4. The smallest absolute Gasteiger partial charge is 0.266 e. The molecule has 0 saturated carbocycles. The van der Waals surface area contributed by atoms with E-state index in [9.17, 15) is 4.79 Å². The number of rotatable bonds is 6. The van der Waals surface area contributed by atoms with Crippen molar-refractivity contribution in [3.63, 3.8) is 0 Å². The molecule has 4 aromatic rings. The standard InChI is InChI=1S/C24H19ClN2O2S/c1-16(29-21-9-5-8-20(25)14-21)23(28)27-24-26-22(15-30-24)19-12-10-18(11-13-19)17-6-3-2-4-7-17/h2-16H,1H3,(H,26,27,28). The van der Waals surface area contributed by atoms with E-state index < -0.39 is 6.10 Å². The summed E-state index contributed by atoms with van der Waals surface area (Å²) in [4.78, 5) is 17.0. The lowest BCUT2D eigenvalue weighted by Crippen LogP contribution is -2.30. The van der Waals surface area contributed by atoms with Crippen LogP contribution in [0.1, 0.15) is 6.92 Å². The molecule has 0 spiro atoms. The number of aromatic nitrogens is 1. The number of anilines is 1. The molecule has 1 amide bonds. The van der Waals surface area contributed by atoms with E-state index in [2.05, 4.69) is 34.6 Å². The molecule has 150 valence electrons. The number of nitrogens with one attached hydrogen (secondary N) is 1. The van der Waals surface area contributed by atoms with Crippen molar-refractivity contribution in [2.24, 2.45) is 0 Å². The van der Waals surface area contributed by atoms with E-state index in [1.54, 1.807) is 31.2 Å². The van der Waals surface area contributed by atoms with Crippen LogP contribution >= 0.6 is 22.9 Å². The van der Waals surface area contributed by atoms with E-state index in [4.69, 9.17) is 16.3 Å². The number of thiazole rings is 1. The zero-order chi connectivity index (χ0) is 20.9. The molecule has 1 atom stereocenters. The molecule has 0 fully saturated rings. The van der Waals surface area contributed by atoms with Crippen LogP contribution in [0.3, 0.4) is 0 Å². The first kappa shape index (κ1) is 20.1. The second-order valence-corrected chi connectivity index (χ2v) is 7.98. The number of carbonyl (C=O) groups excluding carboxylic acids is 1. The Hall–Kier alpha value is -3.15. The van der Waals surface area contributed by atoms with E-state index in [1.165, 1.54) is 16.9 Å². The number of amides is 1. The van der Waals surface area contributed by atoms with Crippen molar-refractivity contribution < 1.29 is 9.53 Å². The van der Waals surface area contributed by atoms with Gasteiger partial charge in [0.2, 0.25) is 0 Å². The van der Waals surface area contributed by atoms with Gasteiger partial charge in [0, 0.05) is 16.0 Å². The van der Waals surface area contributed by atoms with E-state index in [0.717, 1.165) is 16.8 Å². The van der Waals surface area contributed by atoms with Crippen LogP contribution in [-0.2, 0) is 4.79 Å². The van der Waals surface area contributed by atoms with Crippen LogP contribution in [0.4, 0.5) is 5.13 Å². The van der Waals surface area contributed by atoms with Gasteiger partial charge in [-0.1, -0.05) is 72.3 Å². The molecule has 4 nitrogen and oxygen atoms in total. The van der Waals surface area contributed by atoms with Crippen molar-refractivity contribution in [3.05, 3.63) is 89.3 Å². The first-order valence-corrected chi connectivity index (χ1v) is 10.7. The van der Waals surface area contributed by atoms with Crippen LogP contribution in [0.15, 0.2) is 84.2 Å². The van der Waals surface area contributed by atoms with Gasteiger partial charge < -0.3 is 4.74 Å². The maximum absolute atomic E-state index is 12.4. The summed E-state index contributed by atoms with van der Waals surface area (Å²) in [5.74, 6) is 0.277. The predicted molar refractivity (Wildman–Crippen MR) is 123 cm³/mol. The number of benzene rings is 3. The van der Waals surface area contributed by atoms with Gasteiger partial charge in [-0.15, -0.1) is 11.3 Å². The molecule has 1 N–H and O–H groups in total. The molecule has 1 aromatic heterocycles. The Balaban J connectivity index is 1.40. The summed E-state index contributed by atoms with van der Waals surface area (Å²) in [6.45, 7) is 1.69. The Labute approximate surface area is 184 Å². The maximum atomic E-state index is 12.4. The van der Waals surface area contributed by atoms with Crippen LogP contribution < -0.4 is 10.1 Å². The van der Waals surface area contributed by atoms with Gasteiger partial charge >= 0.3 is 0 Å². The zero-order valence-electron chi connectivity index (χ0n) is 16.2. The summed E-state index contributed by atoms with van der Waals surface area (Å²) in [5.41, 5.74) is 4.13. The fraction of sp³-hybridized carbons (Fsp3) is 0.0833. The molecule has 3 aromatic carbocycles. The van der Waals surface area contributed by atoms with Gasteiger partial charge in [-0.05, 0) is 36.2 Å². The van der Waals surface area contributed by atoms with Crippen molar-refractivity contribution in [3.8, 4) is 28.1 Å². The summed E-state index contributed by atoms with van der Waals surface area (Å²) < 4.78 is 5.66. The summed E-state index contributed by atoms with van der Waals surface area (Å²) in [5, 5.41) is 5.83. The Kier molecular flexibility index (Phi) is 6.12. The van der Waals surface area contributed by atoms with Gasteiger partial charge in [-0.3, -0.25) is 10.1 Å². The molecule has 1 unspecified atom stereocenters. The maximum Gasteiger partial charge on any atom is 0.266 e. The summed E-state index contributed by atoms with van der Waals surface area (Å²) in [7, 11) is 0. The highest BCUT2D eigenvalue weighted by Gasteiger charge is 2.17. The summed E-state index contributed by atoms with van der Waals surface area (Å²) in [6.07, 6.45) is -0.680. The first-order chi connectivity index (χ1) is 14.6. The van der Waals surface area contributed by atoms with Gasteiger partial charge in [0.05, 0.1) is 5.69 Å². The summed E-state index contributed by atoms with van der Waals surface area (Å²) >= 11 is 7.33. The Morgan fingerprint density at radius 1 is 0.967 bits per heavy atom. The molecule has 0 saturated heterocycles. The molecule has 0 bridgehead atoms. The lowest BCUT2D eigenvalue weighted by molar-refractivity contribution is -0.122. The Morgan fingerprint density at radius 3 is 2.40 bits per heavy atom. The molecule has 4 rings (SSSR count). The molecule has 0 aliphatic carbocycles. The second-order valence-electron chi connectivity index (χ2n) is 6.69. The number of carbonyl (C=O) groups is 1. The molecule has 6 heteroatoms. The highest BCUT2D eigenvalue weighted by molar-refractivity contribution is 7.14. The lowest BCUT2D eigenvalue weighted by Gasteiger charge is -2.13. The zero-order valence-corrected chi connectivity index (χ0v) is 17.8. The largest absolute Gasteiger partial charge is 0.481 e. The number of nitrogens with zero attached hydrogens (tertiary/aromatic N) is 1. The lowest BCUT2D eigenvalue weighted by atomic mass is 10.0. The van der Waals surface area contributed by atoms with Gasteiger partial charge in [-0.25, -0.2) is 4.98 Å². The van der Waals surface area contributed by atoms with Crippen LogP contribution in [0.25, 0.3) is 22.4 Å². The van der Waals surface area contributed by atoms with E-state index >= 15 is 0 Å². The fourth-order valence-corrected chi connectivity index (χ4v) is 3.84. The van der Waals surface area contributed by atoms with E-state index in [0.29, 0.717) is 15.9 Å². The van der Waals surface area contributed by atoms with Crippen LogP contribution in [0, 0.1) is 0 Å².